The van der Waals surface area contributed by atoms with Gasteiger partial charge in [0.15, 0.2) is 0 Å². The van der Waals surface area contributed by atoms with Gasteiger partial charge in [-0.2, -0.15) is 0 Å². The molecule has 1 rings (SSSR count). The minimum absolute atomic E-state index is 0. The predicted octanol–water partition coefficient (Wildman–Crippen LogP) is 3.48. The Hall–Kier alpha value is 0.0500. The number of alkyl halides is 1. The lowest BCUT2D eigenvalue weighted by Gasteiger charge is -2.42. The molecule has 1 nitrogen and oxygen atoms in total. The molecule has 0 bridgehead atoms. The van der Waals surface area contributed by atoms with Crippen LogP contribution in [0.2, 0.25) is 5.02 Å². The van der Waals surface area contributed by atoms with Gasteiger partial charge in [-0.15, -0.1) is 6.42 Å². The van der Waals surface area contributed by atoms with Crippen LogP contribution >= 0.6 is 34.2 Å². The molecule has 4 heteroatoms. The second-order valence-electron chi connectivity index (χ2n) is 6.71. The first-order valence-electron chi connectivity index (χ1n) is 9.25. The van der Waals surface area contributed by atoms with E-state index in [4.69, 9.17) is 18.0 Å². The van der Waals surface area contributed by atoms with Gasteiger partial charge in [0.25, 0.3) is 0 Å². The van der Waals surface area contributed by atoms with Gasteiger partial charge in [0, 0.05) is 11.4 Å². The number of terminal acetylenes is 1. The summed E-state index contributed by atoms with van der Waals surface area (Å²) in [4.78, 5) is 0. The molecule has 0 saturated heterocycles. The topological polar surface area (TPSA) is 0 Å². The highest BCUT2D eigenvalue weighted by molar-refractivity contribution is 14.1. The molecule has 0 spiro atoms. The zero-order valence-electron chi connectivity index (χ0n) is 15.6. The molecule has 0 heterocycles. The molecular formula is C21H32Cl2IN. The van der Waals surface area contributed by atoms with Gasteiger partial charge in [0.1, 0.15) is 10.6 Å². The Morgan fingerprint density at radius 1 is 1.04 bits per heavy atom. The zero-order chi connectivity index (χ0) is 17.8. The second-order valence-corrected chi connectivity index (χ2v) is 8.58. The molecule has 1 aromatic carbocycles. The normalized spacial score (nSPS) is 12.3. The lowest BCUT2D eigenvalue weighted by Crippen LogP contribution is -3.00. The smallest absolute Gasteiger partial charge is 0.144 e. The van der Waals surface area contributed by atoms with Crippen LogP contribution in [0.25, 0.3) is 0 Å². The van der Waals surface area contributed by atoms with E-state index in [1.165, 1.54) is 57.2 Å². The summed E-state index contributed by atoms with van der Waals surface area (Å²) in [6.07, 6.45) is 14.5. The fourth-order valence-electron chi connectivity index (χ4n) is 3.19. The summed E-state index contributed by atoms with van der Waals surface area (Å²) >= 11 is 8.66. The molecule has 0 saturated carbocycles. The van der Waals surface area contributed by atoms with Gasteiger partial charge >= 0.3 is 0 Å². The highest BCUT2D eigenvalue weighted by Gasteiger charge is 2.33. The van der Waals surface area contributed by atoms with E-state index in [1.807, 2.05) is 12.1 Å². The Morgan fingerprint density at radius 2 is 1.56 bits per heavy atom. The van der Waals surface area contributed by atoms with Crippen LogP contribution < -0.4 is 12.4 Å². The largest absolute Gasteiger partial charge is 1.00 e. The third-order valence-electron chi connectivity index (χ3n) is 4.73. The molecular weight excluding hydrogens is 464 g/mol. The Morgan fingerprint density at radius 3 is 2.00 bits per heavy atom. The average molecular weight is 496 g/mol. The first-order valence-corrected chi connectivity index (χ1v) is 10.9. The maximum absolute atomic E-state index is 6.02. The molecule has 0 N–H and O–H groups in total. The lowest BCUT2D eigenvalue weighted by atomic mass is 10.1. The number of hydrogen-bond donors (Lipinski definition) is 0. The van der Waals surface area contributed by atoms with E-state index in [0.717, 1.165) is 22.5 Å². The third kappa shape index (κ3) is 9.00. The van der Waals surface area contributed by atoms with Crippen LogP contribution in [-0.2, 0) is 6.42 Å². The quantitative estimate of drug-likeness (QED) is 0.104. The minimum Gasteiger partial charge on any atom is -1.00 e. The van der Waals surface area contributed by atoms with Crippen LogP contribution in [0.4, 0.5) is 0 Å². The van der Waals surface area contributed by atoms with Crippen molar-refractivity contribution >= 4 is 34.2 Å². The van der Waals surface area contributed by atoms with Crippen molar-refractivity contribution in [3.8, 4) is 12.3 Å². The van der Waals surface area contributed by atoms with Gasteiger partial charge in [-0.25, -0.2) is 0 Å². The number of halogens is 3. The molecule has 0 aliphatic carbocycles. The van der Waals surface area contributed by atoms with E-state index < -0.39 is 0 Å². The number of hydrogen-bond acceptors (Lipinski definition) is 0. The number of nitrogens with zero attached hydrogens (tertiary/aromatic N) is 1. The maximum atomic E-state index is 6.02. The monoisotopic (exact) mass is 495 g/mol. The van der Waals surface area contributed by atoms with Crippen molar-refractivity contribution < 1.29 is 16.9 Å². The average Bonchev–Trinajstić information content (AvgIpc) is 2.57. The summed E-state index contributed by atoms with van der Waals surface area (Å²) in [5.74, 6) is 2.98. The zero-order valence-corrected chi connectivity index (χ0v) is 19.3. The van der Waals surface area contributed by atoms with E-state index >= 15 is 0 Å². The van der Waals surface area contributed by atoms with Gasteiger partial charge in [-0.1, -0.05) is 50.4 Å². The molecule has 0 aliphatic heterocycles. The summed E-state index contributed by atoms with van der Waals surface area (Å²) in [7, 11) is 0. The lowest BCUT2D eigenvalue weighted by molar-refractivity contribution is -0.927. The van der Waals surface area contributed by atoms with Crippen molar-refractivity contribution in [3.05, 3.63) is 34.9 Å². The standard InChI is InChI=1S/C21H32ClIN.ClH/c1-4-7-9-16-24(15-6-3,17-10-8-5-2)21(23)18-19-11-13-20(22)14-12-19;/h3,11-14,21H,4-5,7-10,15-18H2,1-2H3;1H/q+1;/p-1. The van der Waals surface area contributed by atoms with Gasteiger partial charge in [-0.3, -0.25) is 0 Å². The van der Waals surface area contributed by atoms with Crippen LogP contribution in [-0.4, -0.2) is 28.2 Å². The van der Waals surface area contributed by atoms with Crippen molar-refractivity contribution in [2.75, 3.05) is 19.6 Å². The fourth-order valence-corrected chi connectivity index (χ4v) is 4.58. The predicted molar refractivity (Wildman–Crippen MR) is 116 cm³/mol. The van der Waals surface area contributed by atoms with Crippen LogP contribution in [0.3, 0.4) is 0 Å². The van der Waals surface area contributed by atoms with Gasteiger partial charge in [0.2, 0.25) is 0 Å². The Kier molecular flexibility index (Phi) is 14.2. The van der Waals surface area contributed by atoms with E-state index in [0.29, 0.717) is 4.05 Å². The molecule has 0 aromatic heterocycles. The van der Waals surface area contributed by atoms with Gasteiger partial charge in [-0.05, 0) is 71.9 Å². The minimum atomic E-state index is 0. The SMILES string of the molecule is C#CC[N+](CCCCC)(CCCCC)C(I)Cc1ccc(Cl)cc1.[Cl-]. The van der Waals surface area contributed by atoms with Crippen LogP contribution in [0.15, 0.2) is 24.3 Å². The summed E-state index contributed by atoms with van der Waals surface area (Å²) < 4.78 is 1.56. The highest BCUT2D eigenvalue weighted by Crippen LogP contribution is 2.27. The summed E-state index contributed by atoms with van der Waals surface area (Å²) in [5, 5.41) is 0.805. The molecule has 0 radical (unpaired) electrons. The second kappa shape index (κ2) is 14.2. The molecule has 0 aliphatic rings. The number of quaternary nitrogens is 1. The first-order chi connectivity index (χ1) is 11.6. The molecule has 142 valence electrons. The van der Waals surface area contributed by atoms with Crippen molar-refractivity contribution in [3.63, 3.8) is 0 Å². The molecule has 1 unspecified atom stereocenters. The Bertz CT molecular complexity index is 486. The summed E-state index contributed by atoms with van der Waals surface area (Å²) in [5.41, 5.74) is 1.35. The molecule has 0 fully saturated rings. The van der Waals surface area contributed by atoms with E-state index in [9.17, 15) is 0 Å². The highest BCUT2D eigenvalue weighted by atomic mass is 127. The molecule has 1 aromatic rings. The van der Waals surface area contributed by atoms with Crippen molar-refractivity contribution in [1.29, 1.82) is 0 Å². The summed E-state index contributed by atoms with van der Waals surface area (Å²) in [6.45, 7) is 7.77. The summed E-state index contributed by atoms with van der Waals surface area (Å²) in [6, 6.07) is 8.28. The number of benzene rings is 1. The van der Waals surface area contributed by atoms with Gasteiger partial charge in [0.05, 0.1) is 13.1 Å². The first kappa shape index (κ1) is 25.1. The van der Waals surface area contributed by atoms with Crippen LogP contribution in [0.5, 0.6) is 0 Å². The Balaban J connectivity index is 0.00000576. The van der Waals surface area contributed by atoms with E-state index in [-0.39, 0.29) is 12.4 Å². The van der Waals surface area contributed by atoms with Crippen LogP contribution in [0.1, 0.15) is 57.9 Å². The van der Waals surface area contributed by atoms with Crippen molar-refractivity contribution in [2.45, 2.75) is 62.8 Å². The van der Waals surface area contributed by atoms with E-state index in [2.05, 4.69) is 54.5 Å². The van der Waals surface area contributed by atoms with E-state index in [1.54, 1.807) is 0 Å². The third-order valence-corrected chi connectivity index (χ3v) is 6.61. The number of rotatable bonds is 12. The van der Waals surface area contributed by atoms with Crippen molar-refractivity contribution in [1.82, 2.24) is 0 Å². The molecule has 0 amide bonds. The molecule has 25 heavy (non-hydrogen) atoms. The van der Waals surface area contributed by atoms with Crippen LogP contribution in [0, 0.1) is 12.3 Å². The number of unbranched alkanes of at least 4 members (excludes halogenated alkanes) is 4. The van der Waals surface area contributed by atoms with Gasteiger partial charge < -0.3 is 16.9 Å². The maximum Gasteiger partial charge on any atom is 0.144 e. The fraction of sp³-hybridized carbons (Fsp3) is 0.619. The van der Waals surface area contributed by atoms with Crippen molar-refractivity contribution in [2.24, 2.45) is 0 Å². The Labute approximate surface area is 180 Å². The molecule has 1 atom stereocenters.